The Morgan fingerprint density at radius 2 is 1.94 bits per heavy atom. The molecule has 1 aromatic rings. The van der Waals surface area contributed by atoms with Crippen molar-refractivity contribution < 1.29 is 14.3 Å². The molecule has 3 nitrogen and oxygen atoms in total. The number of halogens is 1. The van der Waals surface area contributed by atoms with Gasteiger partial charge in [-0.2, -0.15) is 0 Å². The minimum absolute atomic E-state index is 0.0433. The van der Waals surface area contributed by atoms with Crippen LogP contribution in [0.25, 0.3) is 0 Å². The van der Waals surface area contributed by atoms with Crippen molar-refractivity contribution in [3.05, 3.63) is 34.3 Å². The molecule has 1 fully saturated rings. The Bertz CT molecular complexity index is 425. The monoisotopic (exact) mass is 296 g/mol. The largest absolute Gasteiger partial charge is 0.451 e. The highest BCUT2D eigenvalue weighted by Gasteiger charge is 2.26. The summed E-state index contributed by atoms with van der Waals surface area (Å²) >= 11 is 3.30. The SMILES string of the molecule is O=C(O[C@H]1CCCCC1=O)c1ccc(Br)cc1. The highest BCUT2D eigenvalue weighted by Crippen LogP contribution is 2.19. The number of Topliss-reactive ketones (excluding diaryl/α,β-unsaturated/α-hetero) is 1. The molecule has 1 aliphatic rings. The van der Waals surface area contributed by atoms with Gasteiger partial charge in [-0.25, -0.2) is 4.79 Å². The topological polar surface area (TPSA) is 43.4 Å². The van der Waals surface area contributed by atoms with Gasteiger partial charge in [0, 0.05) is 10.9 Å². The van der Waals surface area contributed by atoms with Gasteiger partial charge in [-0.3, -0.25) is 4.79 Å². The summed E-state index contributed by atoms with van der Waals surface area (Å²) in [5.41, 5.74) is 0.478. The molecule has 1 saturated carbocycles. The summed E-state index contributed by atoms with van der Waals surface area (Å²) in [6, 6.07) is 6.91. The predicted molar refractivity (Wildman–Crippen MR) is 66.8 cm³/mol. The van der Waals surface area contributed by atoms with E-state index < -0.39 is 12.1 Å². The third-order valence-corrected chi connectivity index (χ3v) is 3.36. The lowest BCUT2D eigenvalue weighted by molar-refractivity contribution is -0.129. The number of carbonyl (C=O) groups is 2. The fraction of sp³-hybridized carbons (Fsp3) is 0.385. The molecule has 0 bridgehead atoms. The van der Waals surface area contributed by atoms with Gasteiger partial charge in [0.2, 0.25) is 0 Å². The van der Waals surface area contributed by atoms with Crippen molar-refractivity contribution in [3.8, 4) is 0 Å². The predicted octanol–water partition coefficient (Wildman–Crippen LogP) is 3.12. The maximum absolute atomic E-state index is 11.8. The van der Waals surface area contributed by atoms with Crippen LogP contribution in [0.5, 0.6) is 0 Å². The minimum Gasteiger partial charge on any atom is -0.451 e. The number of hydrogen-bond donors (Lipinski definition) is 0. The van der Waals surface area contributed by atoms with Gasteiger partial charge >= 0.3 is 5.97 Å². The number of benzene rings is 1. The molecular formula is C13H13BrO3. The zero-order valence-corrected chi connectivity index (χ0v) is 10.9. The van der Waals surface area contributed by atoms with Gasteiger partial charge in [0.1, 0.15) is 0 Å². The van der Waals surface area contributed by atoms with E-state index in [9.17, 15) is 9.59 Å². The maximum atomic E-state index is 11.8. The molecule has 0 saturated heterocycles. The van der Waals surface area contributed by atoms with Crippen LogP contribution in [0.3, 0.4) is 0 Å². The Morgan fingerprint density at radius 3 is 2.59 bits per heavy atom. The molecule has 1 atom stereocenters. The number of rotatable bonds is 2. The van der Waals surface area contributed by atoms with Crippen molar-refractivity contribution >= 4 is 27.7 Å². The molecule has 0 aromatic heterocycles. The Balaban J connectivity index is 2.01. The van der Waals surface area contributed by atoms with Crippen molar-refractivity contribution in [2.75, 3.05) is 0 Å². The molecule has 0 radical (unpaired) electrons. The second-order valence-corrected chi connectivity index (χ2v) is 5.03. The van der Waals surface area contributed by atoms with E-state index in [-0.39, 0.29) is 5.78 Å². The van der Waals surface area contributed by atoms with E-state index in [1.54, 1.807) is 24.3 Å². The van der Waals surface area contributed by atoms with Crippen LogP contribution in [0.2, 0.25) is 0 Å². The van der Waals surface area contributed by atoms with Crippen LogP contribution < -0.4 is 0 Å². The van der Waals surface area contributed by atoms with Crippen molar-refractivity contribution in [2.24, 2.45) is 0 Å². The quantitative estimate of drug-likeness (QED) is 0.788. The molecule has 0 unspecified atom stereocenters. The zero-order chi connectivity index (χ0) is 12.3. The first-order valence-corrected chi connectivity index (χ1v) is 6.45. The summed E-state index contributed by atoms with van der Waals surface area (Å²) in [6.45, 7) is 0. The number of ketones is 1. The lowest BCUT2D eigenvalue weighted by Gasteiger charge is -2.20. The average Bonchev–Trinajstić information content (AvgIpc) is 2.33. The normalized spacial score (nSPS) is 20.1. The molecule has 0 spiro atoms. The molecule has 2 rings (SSSR count). The van der Waals surface area contributed by atoms with Gasteiger partial charge in [0.05, 0.1) is 5.56 Å². The van der Waals surface area contributed by atoms with Crippen molar-refractivity contribution in [2.45, 2.75) is 31.8 Å². The highest BCUT2D eigenvalue weighted by atomic mass is 79.9. The molecule has 90 valence electrons. The molecule has 17 heavy (non-hydrogen) atoms. The second-order valence-electron chi connectivity index (χ2n) is 4.11. The van der Waals surface area contributed by atoms with Crippen molar-refractivity contribution in [1.29, 1.82) is 0 Å². The number of ether oxygens (including phenoxy) is 1. The van der Waals surface area contributed by atoms with Gasteiger partial charge in [0.25, 0.3) is 0 Å². The highest BCUT2D eigenvalue weighted by molar-refractivity contribution is 9.10. The van der Waals surface area contributed by atoms with E-state index in [0.29, 0.717) is 18.4 Å². The first kappa shape index (κ1) is 12.3. The van der Waals surface area contributed by atoms with E-state index in [1.807, 2.05) is 0 Å². The van der Waals surface area contributed by atoms with E-state index in [1.165, 1.54) is 0 Å². The summed E-state index contributed by atoms with van der Waals surface area (Å²) in [4.78, 5) is 23.3. The van der Waals surface area contributed by atoms with Gasteiger partial charge < -0.3 is 4.74 Å². The first-order valence-electron chi connectivity index (χ1n) is 5.66. The molecule has 0 heterocycles. The van der Waals surface area contributed by atoms with Crippen molar-refractivity contribution in [3.63, 3.8) is 0 Å². The third kappa shape index (κ3) is 3.16. The summed E-state index contributed by atoms with van der Waals surface area (Å²) in [7, 11) is 0. The lowest BCUT2D eigenvalue weighted by atomic mass is 9.96. The number of hydrogen-bond acceptors (Lipinski definition) is 3. The summed E-state index contributed by atoms with van der Waals surface area (Å²) in [6.07, 6.45) is 2.49. The summed E-state index contributed by atoms with van der Waals surface area (Å²) in [5, 5.41) is 0. The fourth-order valence-corrected chi connectivity index (χ4v) is 2.12. The number of carbonyl (C=O) groups excluding carboxylic acids is 2. The molecule has 1 aliphatic carbocycles. The van der Waals surface area contributed by atoms with Crippen molar-refractivity contribution in [1.82, 2.24) is 0 Å². The van der Waals surface area contributed by atoms with E-state index in [4.69, 9.17) is 4.74 Å². The molecule has 1 aromatic carbocycles. The van der Waals surface area contributed by atoms with Gasteiger partial charge in [-0.1, -0.05) is 15.9 Å². The van der Waals surface area contributed by atoms with Gasteiger partial charge in [-0.05, 0) is 43.5 Å². The van der Waals surface area contributed by atoms with E-state index in [2.05, 4.69) is 15.9 Å². The Labute approximate surface area is 108 Å². The number of esters is 1. The average molecular weight is 297 g/mol. The minimum atomic E-state index is -0.542. The second kappa shape index (κ2) is 5.45. The Morgan fingerprint density at radius 1 is 1.24 bits per heavy atom. The van der Waals surface area contributed by atoms with Crippen LogP contribution in [0.15, 0.2) is 28.7 Å². The standard InChI is InChI=1S/C13H13BrO3/c14-10-7-5-9(6-8-10)13(16)17-12-4-2-1-3-11(12)15/h5-8,12H,1-4H2/t12-/m0/s1. The van der Waals surface area contributed by atoms with Crippen LogP contribution in [-0.4, -0.2) is 17.9 Å². The Kier molecular flexibility index (Phi) is 3.94. The van der Waals surface area contributed by atoms with Crippen LogP contribution in [-0.2, 0) is 9.53 Å². The van der Waals surface area contributed by atoms with Gasteiger partial charge in [0.15, 0.2) is 11.9 Å². The smallest absolute Gasteiger partial charge is 0.338 e. The van der Waals surface area contributed by atoms with Crippen LogP contribution >= 0.6 is 15.9 Å². The summed E-state index contributed by atoms with van der Waals surface area (Å²) < 4.78 is 6.13. The molecule has 4 heteroatoms. The lowest BCUT2D eigenvalue weighted by Crippen LogP contribution is -2.30. The van der Waals surface area contributed by atoms with Gasteiger partial charge in [-0.15, -0.1) is 0 Å². The van der Waals surface area contributed by atoms with Crippen LogP contribution in [0.4, 0.5) is 0 Å². The molecule has 0 amide bonds. The maximum Gasteiger partial charge on any atom is 0.338 e. The fourth-order valence-electron chi connectivity index (χ4n) is 1.86. The van der Waals surface area contributed by atoms with Crippen LogP contribution in [0, 0.1) is 0 Å². The van der Waals surface area contributed by atoms with E-state index >= 15 is 0 Å². The third-order valence-electron chi connectivity index (χ3n) is 2.83. The van der Waals surface area contributed by atoms with E-state index in [0.717, 1.165) is 17.3 Å². The first-order chi connectivity index (χ1) is 8.16. The zero-order valence-electron chi connectivity index (χ0n) is 9.32. The molecular weight excluding hydrogens is 284 g/mol. The molecule has 0 N–H and O–H groups in total. The molecule has 0 aliphatic heterocycles. The summed E-state index contributed by atoms with van der Waals surface area (Å²) in [5.74, 6) is -0.375. The van der Waals surface area contributed by atoms with Crippen LogP contribution in [0.1, 0.15) is 36.0 Å². The Hall–Kier alpha value is -1.16.